The summed E-state index contributed by atoms with van der Waals surface area (Å²) >= 11 is 0. The standard InChI is InChI=1S/C11H12O/c1-3-11(12)8-10-6-4-9(2)5-7-10/h4-7,12H,1,8H2,2H3. The Labute approximate surface area is 72.7 Å². The molecule has 0 aliphatic rings. The van der Waals surface area contributed by atoms with Crippen molar-refractivity contribution in [1.82, 2.24) is 0 Å². The van der Waals surface area contributed by atoms with Crippen LogP contribution in [0.15, 0.2) is 42.3 Å². The van der Waals surface area contributed by atoms with Crippen LogP contribution in [0.2, 0.25) is 0 Å². The van der Waals surface area contributed by atoms with Crippen LogP contribution in [-0.2, 0) is 6.42 Å². The van der Waals surface area contributed by atoms with Gasteiger partial charge in [0.1, 0.15) is 5.76 Å². The number of aliphatic hydroxyl groups excluding tert-OH is 1. The van der Waals surface area contributed by atoms with Gasteiger partial charge in [0.05, 0.1) is 0 Å². The fraction of sp³-hybridized carbons (Fsp3) is 0.182. The van der Waals surface area contributed by atoms with Gasteiger partial charge >= 0.3 is 0 Å². The fourth-order valence-electron chi connectivity index (χ4n) is 0.962. The van der Waals surface area contributed by atoms with E-state index in [-0.39, 0.29) is 5.76 Å². The van der Waals surface area contributed by atoms with Gasteiger partial charge in [-0.15, -0.1) is 0 Å². The summed E-state index contributed by atoms with van der Waals surface area (Å²) in [7, 11) is 0. The highest BCUT2D eigenvalue weighted by molar-refractivity contribution is 5.23. The Balaban J connectivity index is 2.78. The van der Waals surface area contributed by atoms with Crippen molar-refractivity contribution in [2.45, 2.75) is 13.3 Å². The molecule has 0 spiro atoms. The van der Waals surface area contributed by atoms with Crippen LogP contribution in [-0.4, -0.2) is 5.11 Å². The number of hydrogen-bond acceptors (Lipinski definition) is 1. The molecule has 0 bridgehead atoms. The first kappa shape index (κ1) is 8.63. The van der Waals surface area contributed by atoms with Crippen LogP contribution in [0, 0.1) is 6.92 Å². The molecule has 0 atom stereocenters. The van der Waals surface area contributed by atoms with E-state index in [1.807, 2.05) is 31.2 Å². The van der Waals surface area contributed by atoms with Crippen molar-refractivity contribution in [3.05, 3.63) is 53.5 Å². The van der Waals surface area contributed by atoms with Crippen molar-refractivity contribution in [2.75, 3.05) is 0 Å². The van der Waals surface area contributed by atoms with Gasteiger partial charge in [0, 0.05) is 6.42 Å². The Morgan fingerprint density at radius 2 is 2.00 bits per heavy atom. The van der Waals surface area contributed by atoms with Gasteiger partial charge in [-0.3, -0.25) is 0 Å². The second kappa shape index (κ2) is 3.80. The van der Waals surface area contributed by atoms with E-state index in [0.717, 1.165) is 5.56 Å². The van der Waals surface area contributed by atoms with Gasteiger partial charge in [-0.25, -0.2) is 0 Å². The second-order valence-electron chi connectivity index (χ2n) is 2.79. The van der Waals surface area contributed by atoms with E-state index >= 15 is 0 Å². The summed E-state index contributed by atoms with van der Waals surface area (Å²) in [5, 5.41) is 9.12. The molecule has 1 nitrogen and oxygen atoms in total. The number of hydrogen-bond donors (Lipinski definition) is 1. The van der Waals surface area contributed by atoms with Crippen LogP contribution in [0.25, 0.3) is 0 Å². The highest BCUT2D eigenvalue weighted by Crippen LogP contribution is 2.06. The highest BCUT2D eigenvalue weighted by atomic mass is 16.3. The molecule has 0 fully saturated rings. The van der Waals surface area contributed by atoms with E-state index in [0.29, 0.717) is 6.42 Å². The number of aryl methyl sites for hydroxylation is 1. The summed E-state index contributed by atoms with van der Waals surface area (Å²) in [6.45, 7) is 5.40. The monoisotopic (exact) mass is 160 g/mol. The molecule has 0 saturated carbocycles. The van der Waals surface area contributed by atoms with Crippen molar-refractivity contribution in [2.24, 2.45) is 0 Å². The summed E-state index contributed by atoms with van der Waals surface area (Å²) in [5.41, 5.74) is 4.75. The molecule has 0 aromatic heterocycles. The molecule has 1 heteroatoms. The normalized spacial score (nSPS) is 9.08. The summed E-state index contributed by atoms with van der Waals surface area (Å²) in [6.07, 6.45) is 0.518. The van der Waals surface area contributed by atoms with Gasteiger partial charge in [0.15, 0.2) is 0 Å². The molecular weight excluding hydrogens is 148 g/mol. The molecule has 0 aliphatic heterocycles. The molecule has 0 amide bonds. The summed E-state index contributed by atoms with van der Waals surface area (Å²) in [4.78, 5) is 0. The van der Waals surface area contributed by atoms with E-state index < -0.39 is 0 Å². The topological polar surface area (TPSA) is 20.2 Å². The van der Waals surface area contributed by atoms with Gasteiger partial charge in [-0.2, -0.15) is 0 Å². The summed E-state index contributed by atoms with van der Waals surface area (Å²) < 4.78 is 0. The van der Waals surface area contributed by atoms with Crippen LogP contribution in [0.4, 0.5) is 0 Å². The van der Waals surface area contributed by atoms with Crippen molar-refractivity contribution in [3.8, 4) is 0 Å². The lowest BCUT2D eigenvalue weighted by Gasteiger charge is -1.98. The Morgan fingerprint density at radius 1 is 1.42 bits per heavy atom. The summed E-state index contributed by atoms with van der Waals surface area (Å²) in [5.74, 6) is 0.193. The van der Waals surface area contributed by atoms with Crippen LogP contribution < -0.4 is 0 Å². The molecule has 1 aromatic carbocycles. The Kier molecular flexibility index (Phi) is 2.73. The second-order valence-corrected chi connectivity index (χ2v) is 2.79. The first-order chi connectivity index (χ1) is 5.72. The van der Waals surface area contributed by atoms with Gasteiger partial charge < -0.3 is 5.11 Å². The Morgan fingerprint density at radius 3 is 2.50 bits per heavy atom. The van der Waals surface area contributed by atoms with Crippen LogP contribution in [0.5, 0.6) is 0 Å². The third kappa shape index (κ3) is 2.30. The van der Waals surface area contributed by atoms with Gasteiger partial charge in [0.25, 0.3) is 0 Å². The Hall–Kier alpha value is -1.46. The zero-order valence-electron chi connectivity index (χ0n) is 7.17. The maximum absolute atomic E-state index is 9.12. The number of benzene rings is 1. The lowest BCUT2D eigenvalue weighted by Crippen LogP contribution is -1.87. The average molecular weight is 160 g/mol. The van der Waals surface area contributed by atoms with E-state index in [1.165, 1.54) is 5.56 Å². The quantitative estimate of drug-likeness (QED) is 0.521. The van der Waals surface area contributed by atoms with E-state index in [2.05, 4.69) is 12.3 Å². The zero-order valence-corrected chi connectivity index (χ0v) is 7.17. The number of rotatable bonds is 2. The van der Waals surface area contributed by atoms with Crippen molar-refractivity contribution in [3.63, 3.8) is 0 Å². The first-order valence-corrected chi connectivity index (χ1v) is 3.86. The molecule has 0 aliphatic carbocycles. The maximum Gasteiger partial charge on any atom is 0.138 e. The lowest BCUT2D eigenvalue weighted by atomic mass is 10.1. The maximum atomic E-state index is 9.12. The molecule has 1 rings (SSSR count). The molecule has 1 N–H and O–H groups in total. The third-order valence-electron chi connectivity index (χ3n) is 1.70. The predicted octanol–water partition coefficient (Wildman–Crippen LogP) is 2.76. The molecule has 12 heavy (non-hydrogen) atoms. The summed E-state index contributed by atoms with van der Waals surface area (Å²) in [6, 6.07) is 8.02. The molecule has 62 valence electrons. The van der Waals surface area contributed by atoms with Crippen LogP contribution in [0.1, 0.15) is 11.1 Å². The van der Waals surface area contributed by atoms with Gasteiger partial charge in [0.2, 0.25) is 0 Å². The molecule has 0 heterocycles. The van der Waals surface area contributed by atoms with E-state index in [9.17, 15) is 0 Å². The van der Waals surface area contributed by atoms with E-state index in [4.69, 9.17) is 5.11 Å². The molecule has 0 radical (unpaired) electrons. The number of allylic oxidation sites excluding steroid dienone is 1. The van der Waals surface area contributed by atoms with E-state index in [1.54, 1.807) is 0 Å². The lowest BCUT2D eigenvalue weighted by molar-refractivity contribution is 0.400. The molecule has 0 saturated heterocycles. The van der Waals surface area contributed by atoms with Gasteiger partial charge in [-0.1, -0.05) is 42.1 Å². The molecule has 0 unspecified atom stereocenters. The fourth-order valence-corrected chi connectivity index (χ4v) is 0.962. The van der Waals surface area contributed by atoms with Crippen molar-refractivity contribution < 1.29 is 5.11 Å². The first-order valence-electron chi connectivity index (χ1n) is 3.86. The largest absolute Gasteiger partial charge is 0.504 e. The SMILES string of the molecule is C=C=C(O)Cc1ccc(C)cc1. The molecular formula is C11H12O. The highest BCUT2D eigenvalue weighted by Gasteiger charge is 1.94. The van der Waals surface area contributed by atoms with Crippen LogP contribution >= 0.6 is 0 Å². The molecule has 1 aromatic rings. The number of aliphatic hydroxyl groups is 1. The smallest absolute Gasteiger partial charge is 0.138 e. The van der Waals surface area contributed by atoms with Crippen molar-refractivity contribution in [1.29, 1.82) is 0 Å². The minimum Gasteiger partial charge on any atom is -0.504 e. The predicted molar refractivity (Wildman–Crippen MR) is 50.2 cm³/mol. The Bertz CT molecular complexity index is 302. The van der Waals surface area contributed by atoms with Crippen molar-refractivity contribution >= 4 is 0 Å². The minimum atomic E-state index is 0.193. The van der Waals surface area contributed by atoms with Crippen LogP contribution in [0.3, 0.4) is 0 Å². The third-order valence-corrected chi connectivity index (χ3v) is 1.70. The minimum absolute atomic E-state index is 0.193. The van der Waals surface area contributed by atoms with Gasteiger partial charge in [-0.05, 0) is 12.5 Å². The average Bonchev–Trinajstić information content (AvgIpc) is 2.09. The zero-order chi connectivity index (χ0) is 8.97.